The van der Waals surface area contributed by atoms with Crippen LogP contribution < -0.4 is 9.47 Å². The van der Waals surface area contributed by atoms with E-state index in [0.717, 1.165) is 50.0 Å². The van der Waals surface area contributed by atoms with E-state index in [-0.39, 0.29) is 0 Å². The smallest absolute Gasteiger partial charge is 0.151 e. The molecule has 3 rings (SSSR count). The first kappa shape index (κ1) is 15.5. The topological polar surface area (TPSA) is 44.2 Å². The molecule has 0 saturated heterocycles. The van der Waals surface area contributed by atoms with E-state index < -0.39 is 0 Å². The van der Waals surface area contributed by atoms with Crippen molar-refractivity contribution in [3.63, 3.8) is 0 Å². The molecule has 114 valence electrons. The summed E-state index contributed by atoms with van der Waals surface area (Å²) < 4.78 is 11.0. The van der Waals surface area contributed by atoms with E-state index in [1.807, 2.05) is 24.3 Å². The van der Waals surface area contributed by atoms with Gasteiger partial charge < -0.3 is 9.47 Å². The van der Waals surface area contributed by atoms with Crippen molar-refractivity contribution >= 4 is 53.9 Å². The fourth-order valence-electron chi connectivity index (χ4n) is 2.52. The predicted molar refractivity (Wildman–Crippen MR) is 95.4 cm³/mol. The summed E-state index contributed by atoms with van der Waals surface area (Å²) in [5, 5.41) is 1.43. The Morgan fingerprint density at radius 2 is 1.73 bits per heavy atom. The molecule has 0 saturated carbocycles. The highest BCUT2D eigenvalue weighted by molar-refractivity contribution is 9.09. The number of rotatable bonds is 4. The van der Waals surface area contributed by atoms with Crippen molar-refractivity contribution < 1.29 is 9.47 Å². The van der Waals surface area contributed by atoms with Crippen molar-refractivity contribution in [1.82, 2.24) is 9.97 Å². The third kappa shape index (κ3) is 2.44. The quantitative estimate of drug-likeness (QED) is 0.453. The number of hydrogen-bond donors (Lipinski definition) is 0. The highest BCUT2D eigenvalue weighted by atomic mass is 79.9. The molecule has 0 spiro atoms. The molecule has 0 aliphatic rings. The van der Waals surface area contributed by atoms with Crippen LogP contribution in [-0.2, 0) is 10.7 Å². The van der Waals surface area contributed by atoms with Gasteiger partial charge in [0.15, 0.2) is 5.75 Å². The van der Waals surface area contributed by atoms with Gasteiger partial charge in [-0.15, -0.1) is 0 Å². The lowest BCUT2D eigenvalue weighted by molar-refractivity contribution is 0.415. The van der Waals surface area contributed by atoms with Crippen LogP contribution in [0, 0.1) is 0 Å². The van der Waals surface area contributed by atoms with Gasteiger partial charge in [0.1, 0.15) is 16.8 Å². The van der Waals surface area contributed by atoms with E-state index in [2.05, 4.69) is 31.9 Å². The summed E-state index contributed by atoms with van der Waals surface area (Å²) in [5.74, 6) is 1.48. The number of ether oxygens (including phenoxy) is 2. The Balaban J connectivity index is 2.44. The molecular weight excluding hydrogens is 412 g/mol. The van der Waals surface area contributed by atoms with E-state index in [1.54, 1.807) is 14.2 Å². The second-order valence-corrected chi connectivity index (χ2v) is 5.86. The largest absolute Gasteiger partial charge is 0.494 e. The van der Waals surface area contributed by atoms with Gasteiger partial charge in [-0.05, 0) is 23.8 Å². The molecule has 6 heteroatoms. The van der Waals surface area contributed by atoms with Gasteiger partial charge in [-0.25, -0.2) is 9.97 Å². The van der Waals surface area contributed by atoms with Crippen LogP contribution in [0.25, 0.3) is 22.1 Å². The first-order valence-corrected chi connectivity index (χ1v) is 8.93. The van der Waals surface area contributed by atoms with Gasteiger partial charge in [-0.1, -0.05) is 37.9 Å². The molecule has 1 heterocycles. The van der Waals surface area contributed by atoms with Gasteiger partial charge in [0.05, 0.1) is 25.3 Å². The van der Waals surface area contributed by atoms with E-state index in [1.165, 1.54) is 0 Å². The molecule has 0 radical (unpaired) electrons. The average Bonchev–Trinajstić information content (AvgIpc) is 2.57. The summed E-state index contributed by atoms with van der Waals surface area (Å²) in [4.78, 5) is 9.47. The van der Waals surface area contributed by atoms with Crippen molar-refractivity contribution in [1.29, 1.82) is 0 Å². The molecule has 0 unspecified atom stereocenters. The lowest BCUT2D eigenvalue weighted by Crippen LogP contribution is -2.00. The van der Waals surface area contributed by atoms with Crippen LogP contribution in [0.5, 0.6) is 11.5 Å². The van der Waals surface area contributed by atoms with Crippen molar-refractivity contribution in [2.24, 2.45) is 0 Å². The molecule has 0 atom stereocenters. The lowest BCUT2D eigenvalue weighted by atomic mass is 10.1. The highest BCUT2D eigenvalue weighted by Crippen LogP contribution is 2.35. The third-order valence-corrected chi connectivity index (χ3v) is 4.74. The number of fused-ring (bicyclic) bond motifs is 2. The summed E-state index contributed by atoms with van der Waals surface area (Å²) in [7, 11) is 3.30. The van der Waals surface area contributed by atoms with Crippen molar-refractivity contribution in [2.75, 3.05) is 14.2 Å². The first-order valence-electron chi connectivity index (χ1n) is 6.68. The number of aromatic nitrogens is 2. The number of halogens is 2. The summed E-state index contributed by atoms with van der Waals surface area (Å²) >= 11 is 7.06. The maximum absolute atomic E-state index is 5.61. The molecule has 4 nitrogen and oxygen atoms in total. The molecule has 3 aromatic rings. The predicted octanol–water partition coefficient (Wildman–Crippen LogP) is 4.59. The van der Waals surface area contributed by atoms with Gasteiger partial charge in [0.2, 0.25) is 0 Å². The second kappa shape index (κ2) is 6.38. The van der Waals surface area contributed by atoms with Gasteiger partial charge >= 0.3 is 0 Å². The maximum atomic E-state index is 5.61. The molecule has 22 heavy (non-hydrogen) atoms. The van der Waals surface area contributed by atoms with E-state index in [0.29, 0.717) is 5.33 Å². The van der Waals surface area contributed by atoms with E-state index in [4.69, 9.17) is 19.4 Å². The molecule has 0 amide bonds. The SMILES string of the molecule is COc1cccc2nc3c(OC)c(CBr)c(CBr)cc3nc12. The average molecular weight is 426 g/mol. The van der Waals surface area contributed by atoms with Gasteiger partial charge in [-0.2, -0.15) is 0 Å². The zero-order valence-electron chi connectivity index (χ0n) is 12.2. The molecule has 0 aliphatic heterocycles. The van der Waals surface area contributed by atoms with Crippen molar-refractivity contribution in [3.8, 4) is 11.5 Å². The Kier molecular flexibility index (Phi) is 4.49. The summed E-state index contributed by atoms with van der Waals surface area (Å²) in [6, 6.07) is 7.77. The maximum Gasteiger partial charge on any atom is 0.151 e. The Bertz CT molecular complexity index is 853. The number of benzene rings is 2. The molecule has 0 bridgehead atoms. The molecular formula is C16H14Br2N2O2. The van der Waals surface area contributed by atoms with Gasteiger partial charge in [-0.3, -0.25) is 0 Å². The molecule has 0 aliphatic carbocycles. The van der Waals surface area contributed by atoms with Crippen molar-refractivity contribution in [2.45, 2.75) is 10.7 Å². The Hall–Kier alpha value is -1.40. The van der Waals surface area contributed by atoms with E-state index >= 15 is 0 Å². The summed E-state index contributed by atoms with van der Waals surface area (Å²) in [6.07, 6.45) is 0. The fraction of sp³-hybridized carbons (Fsp3) is 0.250. The van der Waals surface area contributed by atoms with Crippen LogP contribution in [0.15, 0.2) is 24.3 Å². The molecule has 0 fully saturated rings. The molecule has 2 aromatic carbocycles. The Labute approximate surface area is 145 Å². The number of alkyl halides is 2. The fourth-order valence-corrected chi connectivity index (χ4v) is 3.64. The number of hydrogen-bond acceptors (Lipinski definition) is 4. The van der Waals surface area contributed by atoms with Crippen LogP contribution in [0.2, 0.25) is 0 Å². The third-order valence-electron chi connectivity index (χ3n) is 3.57. The lowest BCUT2D eigenvalue weighted by Gasteiger charge is -2.14. The number of methoxy groups -OCH3 is 2. The van der Waals surface area contributed by atoms with Gasteiger partial charge in [0.25, 0.3) is 0 Å². The van der Waals surface area contributed by atoms with Crippen LogP contribution >= 0.6 is 31.9 Å². The molecule has 1 aromatic heterocycles. The minimum atomic E-state index is 0.699. The van der Waals surface area contributed by atoms with Gasteiger partial charge in [0, 0.05) is 16.2 Å². The van der Waals surface area contributed by atoms with Crippen LogP contribution in [0.4, 0.5) is 0 Å². The zero-order chi connectivity index (χ0) is 15.7. The standard InChI is InChI=1S/C16H14Br2N2O2/c1-21-13-5-3-4-11-14(13)20-12-6-9(7-17)10(8-18)16(22-2)15(12)19-11/h3-6H,7-8H2,1-2H3. The van der Waals surface area contributed by atoms with Crippen molar-refractivity contribution in [3.05, 3.63) is 35.4 Å². The van der Waals surface area contributed by atoms with E-state index in [9.17, 15) is 0 Å². The minimum Gasteiger partial charge on any atom is -0.494 e. The summed E-state index contributed by atoms with van der Waals surface area (Å²) in [6.45, 7) is 0. The monoisotopic (exact) mass is 424 g/mol. The second-order valence-electron chi connectivity index (χ2n) is 4.73. The minimum absolute atomic E-state index is 0.699. The molecule has 0 N–H and O–H groups in total. The van der Waals surface area contributed by atoms with Crippen LogP contribution in [0.1, 0.15) is 11.1 Å². The summed E-state index contributed by atoms with van der Waals surface area (Å²) in [5.41, 5.74) is 5.33. The zero-order valence-corrected chi connectivity index (χ0v) is 15.4. The number of para-hydroxylation sites is 1. The highest BCUT2D eigenvalue weighted by Gasteiger charge is 2.16. The van der Waals surface area contributed by atoms with Crippen LogP contribution in [-0.4, -0.2) is 24.2 Å². The number of nitrogens with zero attached hydrogens (tertiary/aromatic N) is 2. The normalized spacial score (nSPS) is 11.1. The Morgan fingerprint density at radius 3 is 2.36 bits per heavy atom. The van der Waals surface area contributed by atoms with Crippen LogP contribution in [0.3, 0.4) is 0 Å². The first-order chi connectivity index (χ1) is 10.7. The Morgan fingerprint density at radius 1 is 0.955 bits per heavy atom.